The van der Waals surface area contributed by atoms with E-state index in [0.29, 0.717) is 12.2 Å². The summed E-state index contributed by atoms with van der Waals surface area (Å²) in [5.74, 6) is 0.809. The van der Waals surface area contributed by atoms with E-state index in [1.165, 1.54) is 12.1 Å². The highest BCUT2D eigenvalue weighted by molar-refractivity contribution is 7.89. The van der Waals surface area contributed by atoms with Crippen molar-refractivity contribution in [2.75, 3.05) is 13.2 Å². The second-order valence-corrected chi connectivity index (χ2v) is 7.49. The Balaban J connectivity index is 1.72. The lowest BCUT2D eigenvalue weighted by Gasteiger charge is -2.18. The van der Waals surface area contributed by atoms with Gasteiger partial charge in [0.25, 0.3) is 0 Å². The van der Waals surface area contributed by atoms with Gasteiger partial charge in [0.15, 0.2) is 0 Å². The van der Waals surface area contributed by atoms with Crippen LogP contribution in [0.4, 0.5) is 0 Å². The summed E-state index contributed by atoms with van der Waals surface area (Å²) in [6, 6.07) is 7.92. The Labute approximate surface area is 140 Å². The minimum absolute atomic E-state index is 0.0139. The van der Waals surface area contributed by atoms with Gasteiger partial charge in [-0.25, -0.2) is 18.1 Å². The standard InChI is InChI=1S/C16H18N4O3S/c1-20-7-6-18-16(20)15-13(5-8-23-15)11-19-24(21,22)14-4-2-3-12(9-14)10-17/h2-4,6-7,9,13,15,19H,5,8,11H2,1H3/t13-,15+/m0/s1. The van der Waals surface area contributed by atoms with Crippen LogP contribution < -0.4 is 4.72 Å². The fourth-order valence-corrected chi connectivity index (χ4v) is 3.95. The highest BCUT2D eigenvalue weighted by Gasteiger charge is 2.33. The zero-order chi connectivity index (χ0) is 17.2. The van der Waals surface area contributed by atoms with Gasteiger partial charge in [0.2, 0.25) is 10.0 Å². The second kappa shape index (κ2) is 6.73. The Morgan fingerprint density at radius 2 is 2.33 bits per heavy atom. The van der Waals surface area contributed by atoms with Crippen molar-refractivity contribution in [3.8, 4) is 6.07 Å². The monoisotopic (exact) mass is 346 g/mol. The van der Waals surface area contributed by atoms with Crippen molar-refractivity contribution < 1.29 is 13.2 Å². The van der Waals surface area contributed by atoms with Gasteiger partial charge >= 0.3 is 0 Å². The average molecular weight is 346 g/mol. The first kappa shape index (κ1) is 16.6. The van der Waals surface area contributed by atoms with E-state index in [2.05, 4.69) is 9.71 Å². The van der Waals surface area contributed by atoms with Crippen LogP contribution in [0.25, 0.3) is 0 Å². The molecular weight excluding hydrogens is 328 g/mol. The molecule has 2 heterocycles. The molecule has 0 spiro atoms. The van der Waals surface area contributed by atoms with E-state index in [9.17, 15) is 8.42 Å². The van der Waals surface area contributed by atoms with Crippen molar-refractivity contribution >= 4 is 10.0 Å². The molecule has 1 aliphatic rings. The van der Waals surface area contributed by atoms with E-state index in [1.54, 1.807) is 18.3 Å². The minimum atomic E-state index is -3.67. The molecule has 0 radical (unpaired) electrons. The van der Waals surface area contributed by atoms with Crippen molar-refractivity contribution in [2.45, 2.75) is 17.4 Å². The fourth-order valence-electron chi connectivity index (χ4n) is 2.81. The third kappa shape index (κ3) is 3.33. The summed E-state index contributed by atoms with van der Waals surface area (Å²) in [6.07, 6.45) is 4.08. The quantitative estimate of drug-likeness (QED) is 0.881. The summed E-state index contributed by atoms with van der Waals surface area (Å²) in [6.45, 7) is 0.838. The maximum atomic E-state index is 12.4. The summed E-state index contributed by atoms with van der Waals surface area (Å²) in [7, 11) is -1.78. The maximum absolute atomic E-state index is 12.4. The zero-order valence-corrected chi connectivity index (χ0v) is 14.0. The van der Waals surface area contributed by atoms with E-state index >= 15 is 0 Å². The summed E-state index contributed by atoms with van der Waals surface area (Å²) in [5, 5.41) is 8.91. The summed E-state index contributed by atoms with van der Waals surface area (Å²) in [4.78, 5) is 4.39. The Morgan fingerprint density at radius 3 is 3.04 bits per heavy atom. The Morgan fingerprint density at radius 1 is 1.50 bits per heavy atom. The van der Waals surface area contributed by atoms with Gasteiger partial charge < -0.3 is 9.30 Å². The average Bonchev–Trinajstić information content (AvgIpc) is 3.21. The fraction of sp³-hybridized carbons (Fsp3) is 0.375. The Hall–Kier alpha value is -2.21. The predicted octanol–water partition coefficient (Wildman–Crippen LogP) is 1.35. The number of aromatic nitrogens is 2. The largest absolute Gasteiger partial charge is 0.370 e. The molecule has 0 saturated carbocycles. The Kier molecular flexibility index (Phi) is 4.66. The van der Waals surface area contributed by atoms with Crippen LogP contribution in [0.2, 0.25) is 0 Å². The molecule has 3 rings (SSSR count). The molecular formula is C16H18N4O3S. The van der Waals surface area contributed by atoms with Gasteiger partial charge in [0.05, 0.1) is 16.5 Å². The van der Waals surface area contributed by atoms with Gasteiger partial charge in [-0.1, -0.05) is 6.07 Å². The van der Waals surface area contributed by atoms with Crippen LogP contribution in [0.3, 0.4) is 0 Å². The first-order valence-corrected chi connectivity index (χ1v) is 9.08. The molecule has 2 aromatic rings. The third-order valence-corrected chi connectivity index (χ3v) is 5.56. The predicted molar refractivity (Wildman–Crippen MR) is 86.4 cm³/mol. The van der Waals surface area contributed by atoms with E-state index < -0.39 is 10.0 Å². The van der Waals surface area contributed by atoms with Crippen molar-refractivity contribution in [3.63, 3.8) is 0 Å². The molecule has 1 aliphatic heterocycles. The molecule has 1 aromatic carbocycles. The molecule has 1 N–H and O–H groups in total. The summed E-state index contributed by atoms with van der Waals surface area (Å²) in [5.41, 5.74) is 0.313. The number of sulfonamides is 1. The SMILES string of the molecule is Cn1ccnc1[C@@H]1OCC[C@H]1CNS(=O)(=O)c1cccc(C#N)c1. The van der Waals surface area contributed by atoms with Gasteiger partial charge in [-0.15, -0.1) is 0 Å². The lowest BCUT2D eigenvalue weighted by atomic mass is 10.0. The Bertz CT molecular complexity index is 869. The van der Waals surface area contributed by atoms with Crippen molar-refractivity contribution in [3.05, 3.63) is 48.0 Å². The first-order valence-electron chi connectivity index (χ1n) is 7.60. The molecule has 1 aromatic heterocycles. The van der Waals surface area contributed by atoms with Crippen LogP contribution in [0, 0.1) is 17.2 Å². The van der Waals surface area contributed by atoms with Crippen molar-refractivity contribution in [1.29, 1.82) is 5.26 Å². The number of imidazole rings is 1. The van der Waals surface area contributed by atoms with Crippen LogP contribution in [0.15, 0.2) is 41.6 Å². The van der Waals surface area contributed by atoms with Crippen molar-refractivity contribution in [1.82, 2.24) is 14.3 Å². The van der Waals surface area contributed by atoms with Crippen LogP contribution in [0.5, 0.6) is 0 Å². The van der Waals surface area contributed by atoms with Gasteiger partial charge in [-0.05, 0) is 24.6 Å². The van der Waals surface area contributed by atoms with Gasteiger partial charge in [-0.2, -0.15) is 5.26 Å². The third-order valence-electron chi connectivity index (χ3n) is 4.14. The van der Waals surface area contributed by atoms with E-state index in [4.69, 9.17) is 10.00 Å². The number of ether oxygens (including phenoxy) is 1. The van der Waals surface area contributed by atoms with Gasteiger partial charge in [-0.3, -0.25) is 0 Å². The zero-order valence-electron chi connectivity index (χ0n) is 13.2. The number of rotatable bonds is 5. The highest BCUT2D eigenvalue weighted by Crippen LogP contribution is 2.33. The number of nitriles is 1. The molecule has 24 heavy (non-hydrogen) atoms. The lowest BCUT2D eigenvalue weighted by Crippen LogP contribution is -2.31. The molecule has 8 heteroatoms. The number of hydrogen-bond acceptors (Lipinski definition) is 5. The molecule has 1 saturated heterocycles. The summed E-state index contributed by atoms with van der Waals surface area (Å²) < 4.78 is 35.1. The first-order chi connectivity index (χ1) is 11.5. The molecule has 126 valence electrons. The molecule has 1 fully saturated rings. The number of hydrogen-bond donors (Lipinski definition) is 1. The number of aryl methyl sites for hydroxylation is 1. The maximum Gasteiger partial charge on any atom is 0.240 e. The molecule has 7 nitrogen and oxygen atoms in total. The molecule has 0 amide bonds. The molecule has 2 atom stereocenters. The van der Waals surface area contributed by atoms with Crippen LogP contribution in [-0.4, -0.2) is 31.1 Å². The highest BCUT2D eigenvalue weighted by atomic mass is 32.2. The minimum Gasteiger partial charge on any atom is -0.370 e. The van der Waals surface area contributed by atoms with E-state index in [0.717, 1.165) is 12.2 Å². The molecule has 0 unspecified atom stereocenters. The molecule has 0 bridgehead atoms. The number of benzene rings is 1. The van der Waals surface area contributed by atoms with E-state index in [1.807, 2.05) is 23.9 Å². The summed E-state index contributed by atoms with van der Waals surface area (Å²) >= 11 is 0. The topological polar surface area (TPSA) is 97.0 Å². The smallest absolute Gasteiger partial charge is 0.240 e. The lowest BCUT2D eigenvalue weighted by molar-refractivity contribution is 0.0823. The number of nitrogens with one attached hydrogen (secondary N) is 1. The normalized spacial score (nSPS) is 20.8. The van der Waals surface area contributed by atoms with Gasteiger partial charge in [0.1, 0.15) is 11.9 Å². The number of nitrogens with zero attached hydrogens (tertiary/aromatic N) is 3. The van der Waals surface area contributed by atoms with E-state index in [-0.39, 0.29) is 23.5 Å². The van der Waals surface area contributed by atoms with Gasteiger partial charge in [0, 0.05) is 38.5 Å². The van der Waals surface area contributed by atoms with Crippen LogP contribution in [-0.2, 0) is 21.8 Å². The molecule has 0 aliphatic carbocycles. The second-order valence-electron chi connectivity index (χ2n) is 5.73. The van der Waals surface area contributed by atoms with Crippen LogP contribution >= 0.6 is 0 Å². The van der Waals surface area contributed by atoms with Crippen LogP contribution in [0.1, 0.15) is 23.9 Å². The van der Waals surface area contributed by atoms with Crippen molar-refractivity contribution in [2.24, 2.45) is 13.0 Å².